The van der Waals surface area contributed by atoms with Gasteiger partial charge >= 0.3 is 0 Å². The van der Waals surface area contributed by atoms with Crippen LogP contribution in [-0.4, -0.2) is 12.6 Å². The summed E-state index contributed by atoms with van der Waals surface area (Å²) < 4.78 is 5.93. The number of hydrogen-bond donors (Lipinski definition) is 1. The van der Waals surface area contributed by atoms with Crippen LogP contribution in [0.1, 0.15) is 25.2 Å². The van der Waals surface area contributed by atoms with Gasteiger partial charge in [-0.15, -0.1) is 0 Å². The zero-order valence-corrected chi connectivity index (χ0v) is 11.4. The van der Waals surface area contributed by atoms with Gasteiger partial charge in [-0.25, -0.2) is 0 Å². The van der Waals surface area contributed by atoms with Gasteiger partial charge in [0.05, 0.1) is 0 Å². The number of hydrogen-bond acceptors (Lipinski definition) is 2. The molecule has 96 valence electrons. The van der Waals surface area contributed by atoms with Crippen molar-refractivity contribution in [2.24, 2.45) is 0 Å². The van der Waals surface area contributed by atoms with Crippen molar-refractivity contribution in [1.29, 1.82) is 0 Å². The standard InChI is InChI=1S/C16H21NO/c1-4-17-13(3)11-14-9-10-16(18-14)15-8-6-5-7-12(15)2/h5-10,13,17H,4,11H2,1-3H3. The Morgan fingerprint density at radius 3 is 2.67 bits per heavy atom. The minimum absolute atomic E-state index is 0.450. The Morgan fingerprint density at radius 2 is 1.94 bits per heavy atom. The average molecular weight is 243 g/mol. The molecule has 0 aliphatic heterocycles. The number of benzene rings is 1. The Labute approximate surface area is 109 Å². The molecule has 0 aliphatic rings. The molecule has 1 aromatic carbocycles. The molecule has 0 spiro atoms. The highest BCUT2D eigenvalue weighted by Gasteiger charge is 2.09. The zero-order valence-electron chi connectivity index (χ0n) is 11.4. The monoisotopic (exact) mass is 243 g/mol. The van der Waals surface area contributed by atoms with Crippen molar-refractivity contribution < 1.29 is 4.42 Å². The van der Waals surface area contributed by atoms with Crippen molar-refractivity contribution in [3.8, 4) is 11.3 Å². The van der Waals surface area contributed by atoms with Crippen LogP contribution >= 0.6 is 0 Å². The van der Waals surface area contributed by atoms with E-state index < -0.39 is 0 Å². The number of rotatable bonds is 5. The molecule has 0 aliphatic carbocycles. The second-order valence-corrected chi connectivity index (χ2v) is 4.74. The molecule has 2 heteroatoms. The Balaban J connectivity index is 2.13. The van der Waals surface area contributed by atoms with E-state index in [1.165, 1.54) is 11.1 Å². The summed E-state index contributed by atoms with van der Waals surface area (Å²) >= 11 is 0. The SMILES string of the molecule is CCNC(C)Cc1ccc(-c2ccccc2C)o1. The molecule has 2 nitrogen and oxygen atoms in total. The summed E-state index contributed by atoms with van der Waals surface area (Å²) in [7, 11) is 0. The summed E-state index contributed by atoms with van der Waals surface area (Å²) in [4.78, 5) is 0. The number of likely N-dealkylation sites (N-methyl/N-ethyl adjacent to an activating group) is 1. The summed E-state index contributed by atoms with van der Waals surface area (Å²) in [5, 5.41) is 3.39. The van der Waals surface area contributed by atoms with E-state index in [0.29, 0.717) is 6.04 Å². The van der Waals surface area contributed by atoms with Crippen molar-refractivity contribution in [3.63, 3.8) is 0 Å². The maximum atomic E-state index is 5.93. The summed E-state index contributed by atoms with van der Waals surface area (Å²) in [5.41, 5.74) is 2.43. The van der Waals surface area contributed by atoms with Crippen LogP contribution < -0.4 is 5.32 Å². The minimum atomic E-state index is 0.450. The van der Waals surface area contributed by atoms with E-state index in [1.54, 1.807) is 0 Å². The summed E-state index contributed by atoms with van der Waals surface area (Å²) in [6, 6.07) is 12.9. The van der Waals surface area contributed by atoms with Crippen molar-refractivity contribution >= 4 is 0 Å². The number of aryl methyl sites for hydroxylation is 1. The van der Waals surface area contributed by atoms with Gasteiger partial charge in [0.25, 0.3) is 0 Å². The predicted molar refractivity (Wildman–Crippen MR) is 75.7 cm³/mol. The Hall–Kier alpha value is -1.54. The maximum absolute atomic E-state index is 5.93. The normalized spacial score (nSPS) is 12.6. The largest absolute Gasteiger partial charge is 0.461 e. The van der Waals surface area contributed by atoms with Crippen molar-refractivity contribution in [2.75, 3.05) is 6.54 Å². The molecule has 1 aromatic heterocycles. The molecule has 1 atom stereocenters. The van der Waals surface area contributed by atoms with Crippen LogP contribution in [-0.2, 0) is 6.42 Å². The van der Waals surface area contributed by atoms with E-state index >= 15 is 0 Å². The molecule has 0 saturated heterocycles. The van der Waals surface area contributed by atoms with Crippen molar-refractivity contribution in [3.05, 3.63) is 47.7 Å². The molecular formula is C16H21NO. The van der Waals surface area contributed by atoms with Gasteiger partial charge < -0.3 is 9.73 Å². The van der Waals surface area contributed by atoms with Gasteiger partial charge in [-0.3, -0.25) is 0 Å². The Kier molecular flexibility index (Phi) is 4.21. The van der Waals surface area contributed by atoms with E-state index in [9.17, 15) is 0 Å². The minimum Gasteiger partial charge on any atom is -0.461 e. The molecule has 2 rings (SSSR count). The van der Waals surface area contributed by atoms with Gasteiger partial charge in [0, 0.05) is 18.0 Å². The van der Waals surface area contributed by atoms with Gasteiger partial charge in [-0.2, -0.15) is 0 Å². The molecule has 0 radical (unpaired) electrons. The molecule has 0 fully saturated rings. The summed E-state index contributed by atoms with van der Waals surface area (Å²) in [6.07, 6.45) is 0.930. The van der Waals surface area contributed by atoms with Gasteiger partial charge in [-0.05, 0) is 38.1 Å². The van der Waals surface area contributed by atoms with Crippen LogP contribution in [0.2, 0.25) is 0 Å². The van der Waals surface area contributed by atoms with Crippen LogP contribution in [0.3, 0.4) is 0 Å². The van der Waals surface area contributed by atoms with Gasteiger partial charge in [0.15, 0.2) is 0 Å². The third kappa shape index (κ3) is 3.02. The first kappa shape index (κ1) is 12.9. The fourth-order valence-electron chi connectivity index (χ4n) is 2.20. The van der Waals surface area contributed by atoms with E-state index in [1.807, 2.05) is 6.07 Å². The topological polar surface area (TPSA) is 25.2 Å². The number of nitrogens with one attached hydrogen (secondary N) is 1. The highest BCUT2D eigenvalue weighted by Crippen LogP contribution is 2.25. The van der Waals surface area contributed by atoms with Crippen LogP contribution in [0.25, 0.3) is 11.3 Å². The molecule has 1 heterocycles. The lowest BCUT2D eigenvalue weighted by molar-refractivity contribution is 0.470. The lowest BCUT2D eigenvalue weighted by Gasteiger charge is -2.09. The van der Waals surface area contributed by atoms with Crippen molar-refractivity contribution in [1.82, 2.24) is 5.32 Å². The molecule has 0 saturated carbocycles. The molecular weight excluding hydrogens is 222 g/mol. The molecule has 0 bridgehead atoms. The third-order valence-electron chi connectivity index (χ3n) is 3.13. The van der Waals surface area contributed by atoms with E-state index in [4.69, 9.17) is 4.42 Å². The first-order valence-corrected chi connectivity index (χ1v) is 6.58. The number of furan rings is 1. The van der Waals surface area contributed by atoms with Crippen LogP contribution in [0.15, 0.2) is 40.8 Å². The van der Waals surface area contributed by atoms with E-state index in [-0.39, 0.29) is 0 Å². The maximum Gasteiger partial charge on any atom is 0.134 e. The lowest BCUT2D eigenvalue weighted by atomic mass is 10.1. The zero-order chi connectivity index (χ0) is 13.0. The second-order valence-electron chi connectivity index (χ2n) is 4.74. The fourth-order valence-corrected chi connectivity index (χ4v) is 2.20. The average Bonchev–Trinajstić information content (AvgIpc) is 2.78. The summed E-state index contributed by atoms with van der Waals surface area (Å²) in [5.74, 6) is 2.01. The molecule has 2 aromatic rings. The van der Waals surface area contributed by atoms with Crippen LogP contribution in [0.5, 0.6) is 0 Å². The molecule has 1 N–H and O–H groups in total. The fraction of sp³-hybridized carbons (Fsp3) is 0.375. The van der Waals surface area contributed by atoms with E-state index in [2.05, 4.69) is 56.4 Å². The van der Waals surface area contributed by atoms with Gasteiger partial charge in [0.1, 0.15) is 11.5 Å². The first-order chi connectivity index (χ1) is 8.70. The Bertz CT molecular complexity index is 501. The highest BCUT2D eigenvalue weighted by molar-refractivity contribution is 5.61. The quantitative estimate of drug-likeness (QED) is 0.864. The van der Waals surface area contributed by atoms with Crippen molar-refractivity contribution in [2.45, 2.75) is 33.2 Å². The molecule has 1 unspecified atom stereocenters. The van der Waals surface area contributed by atoms with Gasteiger partial charge in [-0.1, -0.05) is 31.2 Å². The lowest BCUT2D eigenvalue weighted by Crippen LogP contribution is -2.27. The van der Waals surface area contributed by atoms with Crippen LogP contribution in [0, 0.1) is 6.92 Å². The Morgan fingerprint density at radius 1 is 1.17 bits per heavy atom. The predicted octanol–water partition coefficient (Wildman–Crippen LogP) is 3.80. The molecule has 0 amide bonds. The third-order valence-corrected chi connectivity index (χ3v) is 3.13. The molecule has 18 heavy (non-hydrogen) atoms. The van der Waals surface area contributed by atoms with Gasteiger partial charge in [0.2, 0.25) is 0 Å². The van der Waals surface area contributed by atoms with Crippen LogP contribution in [0.4, 0.5) is 0 Å². The first-order valence-electron chi connectivity index (χ1n) is 6.58. The summed E-state index contributed by atoms with van der Waals surface area (Å²) in [6.45, 7) is 7.40. The second kappa shape index (κ2) is 5.87. The highest BCUT2D eigenvalue weighted by atomic mass is 16.3. The van der Waals surface area contributed by atoms with E-state index in [0.717, 1.165) is 24.5 Å². The smallest absolute Gasteiger partial charge is 0.134 e.